The first-order valence-corrected chi connectivity index (χ1v) is 17.6. The molecule has 2 atom stereocenters. The molecule has 2 saturated carbocycles. The van der Waals surface area contributed by atoms with Gasteiger partial charge in [0.15, 0.2) is 5.78 Å². The summed E-state index contributed by atoms with van der Waals surface area (Å²) in [6, 6.07) is 8.42. The molecule has 0 N–H and O–H groups in total. The number of Topliss-reactive ketones (excluding diaryl/α,β-unsaturated/α-hetero) is 1. The molecule has 250 valence electrons. The number of likely N-dealkylation sites (tertiary alicyclic amines) is 1. The molecule has 1 aliphatic heterocycles. The number of hydrogen-bond donors (Lipinski definition) is 0. The Morgan fingerprint density at radius 3 is 1.91 bits per heavy atom. The van der Waals surface area contributed by atoms with Gasteiger partial charge in [-0.3, -0.25) is 14.6 Å². The molecule has 4 nitrogen and oxygen atoms in total. The second-order valence-corrected chi connectivity index (χ2v) is 12.7. The molecule has 45 heavy (non-hydrogen) atoms. The molecular weight excluding hydrogens is 552 g/mol. The number of allylic oxidation sites excluding steroid dienone is 7. The average Bonchev–Trinajstić information content (AvgIpc) is 3.98. The van der Waals surface area contributed by atoms with Crippen LogP contribution in [0.2, 0.25) is 0 Å². The molecule has 1 saturated heterocycles. The van der Waals surface area contributed by atoms with Gasteiger partial charge in [-0.15, -0.1) is 0 Å². The number of amides is 1. The summed E-state index contributed by atoms with van der Waals surface area (Å²) in [4.78, 5) is 30.7. The summed E-state index contributed by atoms with van der Waals surface area (Å²) in [6.07, 6.45) is 16.6. The lowest BCUT2D eigenvalue weighted by atomic mass is 9.91. The average molecular weight is 617 g/mol. The summed E-state index contributed by atoms with van der Waals surface area (Å²) in [5, 5.41) is 0. The van der Waals surface area contributed by atoms with Crippen molar-refractivity contribution in [3.63, 3.8) is 0 Å². The zero-order valence-corrected chi connectivity index (χ0v) is 30.6. The van der Waals surface area contributed by atoms with Crippen LogP contribution in [0.5, 0.6) is 0 Å². The lowest BCUT2D eigenvalue weighted by molar-refractivity contribution is -0.131. The SMILES string of the molecule is C=C(C)C(/C=C\C)=C\C(=C/C)c1ccc(C(C)=NC(C)(C(C)=O)C2CC2)cc1.CC.CCC.CCC1CCN(C(=O)C2CC2)C1. The monoisotopic (exact) mass is 616 g/mol. The Hall–Kier alpha value is -3.01. The van der Waals surface area contributed by atoms with Crippen molar-refractivity contribution >= 4 is 23.0 Å². The van der Waals surface area contributed by atoms with Crippen molar-refractivity contribution in [3.05, 3.63) is 77.4 Å². The Kier molecular flexibility index (Phi) is 17.9. The van der Waals surface area contributed by atoms with Crippen LogP contribution in [0.25, 0.3) is 5.57 Å². The van der Waals surface area contributed by atoms with Crippen LogP contribution >= 0.6 is 0 Å². The first-order chi connectivity index (χ1) is 21.4. The van der Waals surface area contributed by atoms with Gasteiger partial charge in [0.1, 0.15) is 5.54 Å². The number of carbonyl (C=O) groups is 2. The molecule has 3 aliphatic rings. The van der Waals surface area contributed by atoms with Gasteiger partial charge in [0, 0.05) is 24.7 Å². The van der Waals surface area contributed by atoms with Gasteiger partial charge in [-0.2, -0.15) is 0 Å². The molecule has 2 unspecified atom stereocenters. The Labute approximate surface area is 276 Å². The third-order valence-corrected chi connectivity index (χ3v) is 8.68. The normalized spacial score (nSPS) is 19.8. The van der Waals surface area contributed by atoms with Crippen LogP contribution in [-0.2, 0) is 9.59 Å². The highest BCUT2D eigenvalue weighted by Crippen LogP contribution is 2.43. The van der Waals surface area contributed by atoms with Gasteiger partial charge in [0.2, 0.25) is 5.91 Å². The number of carbonyl (C=O) groups excluding carboxylic acids is 2. The fraction of sp³-hybridized carbons (Fsp3) is 0.585. The highest BCUT2D eigenvalue weighted by Gasteiger charge is 2.45. The third-order valence-electron chi connectivity index (χ3n) is 8.68. The number of ketones is 1. The fourth-order valence-corrected chi connectivity index (χ4v) is 5.37. The van der Waals surface area contributed by atoms with Crippen LogP contribution < -0.4 is 0 Å². The number of hydrogen-bond acceptors (Lipinski definition) is 3. The Balaban J connectivity index is 0.000000488. The maximum Gasteiger partial charge on any atom is 0.225 e. The lowest BCUT2D eigenvalue weighted by Gasteiger charge is -2.23. The highest BCUT2D eigenvalue weighted by atomic mass is 16.2. The number of benzene rings is 1. The predicted octanol–water partition coefficient (Wildman–Crippen LogP) is 10.8. The van der Waals surface area contributed by atoms with Crippen molar-refractivity contribution in [2.45, 2.75) is 127 Å². The highest BCUT2D eigenvalue weighted by molar-refractivity contribution is 6.01. The molecule has 1 aromatic rings. The summed E-state index contributed by atoms with van der Waals surface area (Å²) in [5.41, 5.74) is 5.88. The van der Waals surface area contributed by atoms with Crippen LogP contribution in [0.1, 0.15) is 132 Å². The van der Waals surface area contributed by atoms with Gasteiger partial charge >= 0.3 is 0 Å². The van der Waals surface area contributed by atoms with Crippen LogP contribution in [0.4, 0.5) is 0 Å². The quantitative estimate of drug-likeness (QED) is 0.194. The molecule has 4 heteroatoms. The molecular formula is C41H64N2O2. The standard InChI is InChI=1S/C26H33NO.C10H17NO.C3H8.C2H6/c1-8-10-24(18(3)4)17-21(9-2)23-13-11-22(12-14-23)19(5)27-26(7,20(6)28)25-15-16-25;1-2-8-5-6-11(7-8)10(12)9-3-4-9;1-3-2;1-2/h8-14,17,25H,3,15-16H2,1-2,4-7H3;8-9H,2-7H2,1H3;3H2,1-2H3;1-2H3/b10-8-,21-9+,24-17-,27-19?;;;. The Bertz CT molecular complexity index is 1210. The van der Waals surface area contributed by atoms with Gasteiger partial charge in [0.25, 0.3) is 0 Å². The second-order valence-electron chi connectivity index (χ2n) is 12.7. The van der Waals surface area contributed by atoms with Crippen LogP contribution in [0.3, 0.4) is 0 Å². The third kappa shape index (κ3) is 12.7. The minimum atomic E-state index is -0.581. The van der Waals surface area contributed by atoms with Crippen molar-refractivity contribution < 1.29 is 9.59 Å². The van der Waals surface area contributed by atoms with Gasteiger partial charge in [-0.05, 0) is 114 Å². The van der Waals surface area contributed by atoms with Crippen molar-refractivity contribution in [2.75, 3.05) is 13.1 Å². The molecule has 1 heterocycles. The van der Waals surface area contributed by atoms with E-state index >= 15 is 0 Å². The number of nitrogens with zero attached hydrogens (tertiary/aromatic N) is 2. The van der Waals surface area contributed by atoms with E-state index in [-0.39, 0.29) is 5.78 Å². The molecule has 2 aliphatic carbocycles. The van der Waals surface area contributed by atoms with Crippen molar-refractivity contribution in [1.29, 1.82) is 0 Å². The topological polar surface area (TPSA) is 49.7 Å². The zero-order chi connectivity index (χ0) is 34.2. The first kappa shape index (κ1) is 40.0. The minimum absolute atomic E-state index is 0.156. The molecule has 0 spiro atoms. The van der Waals surface area contributed by atoms with E-state index in [0.717, 1.165) is 78.2 Å². The number of aliphatic imine (C=N–C) groups is 1. The van der Waals surface area contributed by atoms with Crippen molar-refractivity contribution in [3.8, 4) is 0 Å². The number of rotatable bonds is 10. The molecule has 3 fully saturated rings. The minimum Gasteiger partial charge on any atom is -0.342 e. The smallest absolute Gasteiger partial charge is 0.225 e. The largest absolute Gasteiger partial charge is 0.342 e. The van der Waals surface area contributed by atoms with E-state index in [1.165, 1.54) is 19.3 Å². The molecule has 4 rings (SSSR count). The first-order valence-electron chi connectivity index (χ1n) is 17.6. The Morgan fingerprint density at radius 2 is 1.51 bits per heavy atom. The summed E-state index contributed by atoms with van der Waals surface area (Å²) in [6.45, 7) is 28.3. The van der Waals surface area contributed by atoms with Crippen molar-refractivity contribution in [1.82, 2.24) is 4.90 Å². The van der Waals surface area contributed by atoms with E-state index < -0.39 is 5.54 Å². The summed E-state index contributed by atoms with van der Waals surface area (Å²) < 4.78 is 0. The predicted molar refractivity (Wildman–Crippen MR) is 197 cm³/mol. The van der Waals surface area contributed by atoms with E-state index in [9.17, 15) is 9.59 Å². The molecule has 1 aromatic carbocycles. The molecule has 1 amide bonds. The Morgan fingerprint density at radius 1 is 0.956 bits per heavy atom. The van der Waals surface area contributed by atoms with Gasteiger partial charge in [-0.1, -0.05) is 102 Å². The zero-order valence-electron chi connectivity index (χ0n) is 30.6. The van der Waals surface area contributed by atoms with Crippen LogP contribution in [0, 0.1) is 17.8 Å². The van der Waals surface area contributed by atoms with E-state index in [4.69, 9.17) is 4.99 Å². The van der Waals surface area contributed by atoms with Crippen LogP contribution in [0.15, 0.2) is 71.3 Å². The van der Waals surface area contributed by atoms with Gasteiger partial charge < -0.3 is 4.90 Å². The van der Waals surface area contributed by atoms with E-state index in [1.807, 2.05) is 54.5 Å². The maximum absolute atomic E-state index is 12.2. The maximum atomic E-state index is 12.2. The van der Waals surface area contributed by atoms with Gasteiger partial charge in [-0.25, -0.2) is 0 Å². The fourth-order valence-electron chi connectivity index (χ4n) is 5.37. The lowest BCUT2D eigenvalue weighted by Crippen LogP contribution is -2.34. The summed E-state index contributed by atoms with van der Waals surface area (Å²) in [7, 11) is 0. The summed E-state index contributed by atoms with van der Waals surface area (Å²) >= 11 is 0. The van der Waals surface area contributed by atoms with Gasteiger partial charge in [0.05, 0.1) is 0 Å². The molecule has 0 radical (unpaired) electrons. The molecule has 0 bridgehead atoms. The van der Waals surface area contributed by atoms with E-state index in [2.05, 4.69) is 74.7 Å². The van der Waals surface area contributed by atoms with E-state index in [1.54, 1.807) is 6.92 Å². The van der Waals surface area contributed by atoms with Crippen molar-refractivity contribution in [2.24, 2.45) is 22.7 Å². The summed E-state index contributed by atoms with van der Waals surface area (Å²) in [5.74, 6) is 2.19. The second kappa shape index (κ2) is 20.2. The van der Waals surface area contributed by atoms with Crippen LogP contribution in [-0.4, -0.2) is 40.9 Å². The van der Waals surface area contributed by atoms with E-state index in [0.29, 0.717) is 17.7 Å². The molecule has 0 aromatic heterocycles.